The summed E-state index contributed by atoms with van der Waals surface area (Å²) in [5.74, 6) is 0.944. The number of rotatable bonds is 6. The first kappa shape index (κ1) is 20.8. The number of nitrogens with zero attached hydrogens (tertiary/aromatic N) is 5. The van der Waals surface area contributed by atoms with Crippen LogP contribution in [-0.2, 0) is 0 Å². The Labute approximate surface area is 185 Å². The van der Waals surface area contributed by atoms with E-state index in [9.17, 15) is 4.79 Å². The van der Waals surface area contributed by atoms with Crippen LogP contribution in [0.25, 0.3) is 22.3 Å². The average Bonchev–Trinajstić information content (AvgIpc) is 2.82. The van der Waals surface area contributed by atoms with Gasteiger partial charge in [0, 0.05) is 37.0 Å². The van der Waals surface area contributed by atoms with E-state index < -0.39 is 0 Å². The topological polar surface area (TPSA) is 83.5 Å². The number of hydrogen-bond acceptors (Lipinski definition) is 6. The highest BCUT2D eigenvalue weighted by Gasteiger charge is 2.12. The minimum absolute atomic E-state index is 0.0928. The molecular weight excluding hydrogens is 402 g/mol. The molecular formula is C25H21N5O2. The Kier molecular flexibility index (Phi) is 5.95. The van der Waals surface area contributed by atoms with E-state index in [1.807, 2.05) is 85.7 Å². The number of anilines is 1. The summed E-state index contributed by atoms with van der Waals surface area (Å²) in [6, 6.07) is 24.2. The van der Waals surface area contributed by atoms with E-state index in [-0.39, 0.29) is 12.2 Å². The van der Waals surface area contributed by atoms with Gasteiger partial charge in [-0.1, -0.05) is 42.5 Å². The van der Waals surface area contributed by atoms with Gasteiger partial charge in [-0.3, -0.25) is 4.79 Å². The van der Waals surface area contributed by atoms with Gasteiger partial charge in [-0.05, 0) is 24.3 Å². The summed E-state index contributed by atoms with van der Waals surface area (Å²) in [5.41, 5.74) is 2.68. The van der Waals surface area contributed by atoms with E-state index in [4.69, 9.17) is 15.0 Å². The first-order chi connectivity index (χ1) is 15.6. The van der Waals surface area contributed by atoms with Crippen molar-refractivity contribution in [2.45, 2.75) is 0 Å². The predicted molar refractivity (Wildman–Crippen MR) is 126 cm³/mol. The molecule has 0 aliphatic heterocycles. The fourth-order valence-corrected chi connectivity index (χ4v) is 3.27. The molecule has 0 N–H and O–H groups in total. The van der Waals surface area contributed by atoms with Crippen molar-refractivity contribution in [1.82, 2.24) is 9.66 Å². The summed E-state index contributed by atoms with van der Waals surface area (Å²) in [7, 11) is 3.84. The molecule has 0 unspecified atom stereocenters. The molecule has 4 aromatic rings. The third-order valence-electron chi connectivity index (χ3n) is 4.90. The molecule has 0 spiro atoms. The molecule has 3 aromatic carbocycles. The van der Waals surface area contributed by atoms with Crippen LogP contribution in [0.5, 0.6) is 5.75 Å². The number of fused-ring (bicyclic) bond motifs is 1. The summed E-state index contributed by atoms with van der Waals surface area (Å²) >= 11 is 0. The van der Waals surface area contributed by atoms with Gasteiger partial charge in [0.2, 0.25) is 0 Å². The second-order valence-electron chi connectivity index (χ2n) is 7.24. The molecule has 0 fully saturated rings. The maximum atomic E-state index is 13.3. The zero-order valence-electron chi connectivity index (χ0n) is 17.8. The van der Waals surface area contributed by atoms with Gasteiger partial charge in [0.05, 0.1) is 17.1 Å². The van der Waals surface area contributed by atoms with Crippen LogP contribution in [-0.4, -0.2) is 36.6 Å². The molecule has 32 heavy (non-hydrogen) atoms. The molecule has 4 rings (SSSR count). The van der Waals surface area contributed by atoms with Gasteiger partial charge in [0.15, 0.2) is 12.4 Å². The molecule has 0 atom stereocenters. The Balaban J connectivity index is 1.87. The molecule has 0 radical (unpaired) electrons. The van der Waals surface area contributed by atoms with Crippen LogP contribution in [0.1, 0.15) is 5.56 Å². The van der Waals surface area contributed by atoms with Gasteiger partial charge in [-0.2, -0.15) is 15.0 Å². The van der Waals surface area contributed by atoms with Gasteiger partial charge in [-0.15, -0.1) is 0 Å². The largest absolute Gasteiger partial charge is 0.478 e. The van der Waals surface area contributed by atoms with Crippen LogP contribution in [0.2, 0.25) is 0 Å². The monoisotopic (exact) mass is 423 g/mol. The van der Waals surface area contributed by atoms with Crippen molar-refractivity contribution in [1.29, 1.82) is 5.26 Å². The van der Waals surface area contributed by atoms with Crippen LogP contribution in [0.3, 0.4) is 0 Å². The number of hydrogen-bond donors (Lipinski definition) is 0. The molecule has 0 saturated carbocycles. The van der Waals surface area contributed by atoms with E-state index in [2.05, 4.69) is 5.10 Å². The van der Waals surface area contributed by atoms with Gasteiger partial charge >= 0.3 is 0 Å². The van der Waals surface area contributed by atoms with Crippen LogP contribution in [0, 0.1) is 11.3 Å². The third-order valence-corrected chi connectivity index (χ3v) is 4.90. The summed E-state index contributed by atoms with van der Waals surface area (Å²) in [6.45, 7) is -0.0928. The summed E-state index contributed by atoms with van der Waals surface area (Å²) in [6.07, 6.45) is 1.55. The van der Waals surface area contributed by atoms with Crippen molar-refractivity contribution >= 4 is 22.8 Å². The minimum Gasteiger partial charge on any atom is -0.478 e. The number of benzene rings is 3. The standard InChI is InChI=1S/C25H21N5O2/c1-29(2)20-13-12-19(23(16-20)32-15-14-26)17-27-30-24(18-8-4-3-5-9-18)28-22-11-7-6-10-21(22)25(30)31/h3-13,16-17H,15H2,1-2H3. The van der Waals surface area contributed by atoms with Crippen LogP contribution in [0.15, 0.2) is 82.7 Å². The molecule has 7 heteroatoms. The van der Waals surface area contributed by atoms with Gasteiger partial charge in [0.1, 0.15) is 11.8 Å². The second kappa shape index (κ2) is 9.14. The SMILES string of the molecule is CN(C)c1ccc(C=Nn2c(-c3ccccc3)nc3ccccc3c2=O)c(OCC#N)c1. The Morgan fingerprint density at radius 3 is 2.59 bits per heavy atom. The zero-order valence-corrected chi connectivity index (χ0v) is 17.8. The molecule has 0 amide bonds. The lowest BCUT2D eigenvalue weighted by Gasteiger charge is -2.15. The quantitative estimate of drug-likeness (QED) is 0.439. The Morgan fingerprint density at radius 2 is 1.84 bits per heavy atom. The Bertz CT molecular complexity index is 1390. The van der Waals surface area contributed by atoms with Crippen molar-refractivity contribution in [2.75, 3.05) is 25.6 Å². The smallest absolute Gasteiger partial charge is 0.282 e. The lowest BCUT2D eigenvalue weighted by molar-refractivity contribution is 0.367. The van der Waals surface area contributed by atoms with Crippen molar-refractivity contribution in [3.63, 3.8) is 0 Å². The number of ether oxygens (including phenoxy) is 1. The molecule has 0 saturated heterocycles. The van der Waals surface area contributed by atoms with Gasteiger partial charge < -0.3 is 9.64 Å². The summed E-state index contributed by atoms with van der Waals surface area (Å²) in [5, 5.41) is 13.9. The second-order valence-corrected chi connectivity index (χ2v) is 7.24. The average molecular weight is 423 g/mol. The fraction of sp³-hybridized carbons (Fsp3) is 0.120. The summed E-state index contributed by atoms with van der Waals surface area (Å²) in [4.78, 5) is 19.9. The van der Waals surface area contributed by atoms with E-state index in [1.165, 1.54) is 4.68 Å². The number of aromatic nitrogens is 2. The molecule has 7 nitrogen and oxygen atoms in total. The zero-order chi connectivity index (χ0) is 22.5. The highest BCUT2D eigenvalue weighted by molar-refractivity contribution is 5.85. The highest BCUT2D eigenvalue weighted by atomic mass is 16.5. The first-order valence-corrected chi connectivity index (χ1v) is 10.0. The van der Waals surface area contributed by atoms with Crippen LogP contribution >= 0.6 is 0 Å². The number of para-hydroxylation sites is 1. The van der Waals surface area contributed by atoms with E-state index in [0.717, 1.165) is 11.3 Å². The fourth-order valence-electron chi connectivity index (χ4n) is 3.27. The molecule has 0 bridgehead atoms. The summed E-state index contributed by atoms with van der Waals surface area (Å²) < 4.78 is 6.90. The van der Waals surface area contributed by atoms with Gasteiger partial charge in [0.25, 0.3) is 5.56 Å². The lowest BCUT2D eigenvalue weighted by atomic mass is 10.2. The number of nitriles is 1. The van der Waals surface area contributed by atoms with Crippen molar-refractivity contribution in [3.05, 3.63) is 88.7 Å². The van der Waals surface area contributed by atoms with Gasteiger partial charge in [-0.25, -0.2) is 4.98 Å². The molecule has 1 aromatic heterocycles. The molecule has 158 valence electrons. The maximum absolute atomic E-state index is 13.3. The van der Waals surface area contributed by atoms with Crippen LogP contribution < -0.4 is 15.2 Å². The maximum Gasteiger partial charge on any atom is 0.282 e. The molecule has 0 aliphatic carbocycles. The van der Waals surface area contributed by atoms with E-state index >= 15 is 0 Å². The highest BCUT2D eigenvalue weighted by Crippen LogP contribution is 2.24. The first-order valence-electron chi connectivity index (χ1n) is 10.0. The van der Waals surface area contributed by atoms with Crippen LogP contribution in [0.4, 0.5) is 5.69 Å². The Morgan fingerprint density at radius 1 is 1.09 bits per heavy atom. The Hall–Kier alpha value is -4.44. The van der Waals surface area contributed by atoms with Crippen molar-refractivity contribution in [3.8, 4) is 23.2 Å². The predicted octanol–water partition coefficient (Wildman–Crippen LogP) is 3.91. The lowest BCUT2D eigenvalue weighted by Crippen LogP contribution is -2.20. The molecule has 0 aliphatic rings. The van der Waals surface area contributed by atoms with E-state index in [0.29, 0.717) is 28.0 Å². The van der Waals surface area contributed by atoms with E-state index in [1.54, 1.807) is 18.3 Å². The minimum atomic E-state index is -0.268. The molecule has 1 heterocycles. The van der Waals surface area contributed by atoms with Crippen molar-refractivity contribution < 1.29 is 4.74 Å². The normalized spacial score (nSPS) is 10.9. The van der Waals surface area contributed by atoms with Crippen molar-refractivity contribution in [2.24, 2.45) is 5.10 Å². The third kappa shape index (κ3) is 4.20.